The van der Waals surface area contributed by atoms with Crippen LogP contribution in [0.4, 0.5) is 9.93 Å². The number of carboxylic acid groups (broad SMARTS) is 2. The van der Waals surface area contributed by atoms with Gasteiger partial charge in [-0.2, -0.15) is 0 Å². The number of oxime groups is 1. The fraction of sp³-hybridized carbons (Fsp3) is 0.400. The predicted molar refractivity (Wildman–Crippen MR) is 190 cm³/mol. The standard InChI is InChI=1S/C30H32ClN9O14S2/c1-29(2,25(48)49)54-36-18(14-10-55-27(32)34-14)16(42)9-13-22(46)37-11-30(26(50)51,56-24(13)37)38-7-8-39(28(38)52)35-21(45)23(47)40(53)6-5-33-20(44)12-3-4-15(41)19(43)17(12)31/h3-4,10,13,24,41,43,53H,5-9,11H2,1-2H3,(H2,32,34)(H,33,44)(H,35,45)(H,48,49)(H,50,51)/b36-18-/t13?,24-,30-/m1/s1. The number of halogens is 1. The lowest BCUT2D eigenvalue weighted by Crippen LogP contribution is -2.60. The second-order valence-corrected chi connectivity index (χ2v) is 15.4. The van der Waals surface area contributed by atoms with Gasteiger partial charge in [-0.3, -0.25) is 39.5 Å². The number of fused-ring (bicyclic) bond motifs is 1. The Morgan fingerprint density at radius 3 is 2.48 bits per heavy atom. The number of anilines is 1. The van der Waals surface area contributed by atoms with Crippen LogP contribution in [0.5, 0.6) is 11.5 Å². The van der Waals surface area contributed by atoms with E-state index in [0.717, 1.165) is 33.3 Å². The third kappa shape index (κ3) is 7.77. The van der Waals surface area contributed by atoms with Gasteiger partial charge in [0.2, 0.25) is 16.4 Å². The van der Waals surface area contributed by atoms with Crippen LogP contribution in [0.1, 0.15) is 36.3 Å². The van der Waals surface area contributed by atoms with Crippen molar-refractivity contribution in [1.82, 2.24) is 35.6 Å². The number of rotatable bonds is 14. The van der Waals surface area contributed by atoms with Crippen LogP contribution in [-0.2, 0) is 33.6 Å². The molecule has 1 aromatic carbocycles. The van der Waals surface area contributed by atoms with Crippen molar-refractivity contribution in [3.63, 3.8) is 0 Å². The number of phenolic OH excluding ortho intramolecular Hbond substituents is 2. The topological polar surface area (TPSA) is 335 Å². The number of nitrogens with one attached hydrogen (secondary N) is 2. The Morgan fingerprint density at radius 1 is 1.16 bits per heavy atom. The first-order valence-corrected chi connectivity index (χ1v) is 18.2. The fourth-order valence-electron chi connectivity index (χ4n) is 5.54. The summed E-state index contributed by atoms with van der Waals surface area (Å²) in [6.45, 7) is 0.201. The minimum atomic E-state index is -2.09. The molecule has 6 amide bonds. The quantitative estimate of drug-likeness (QED) is 0.0284. The van der Waals surface area contributed by atoms with Crippen molar-refractivity contribution < 1.29 is 68.8 Å². The number of aromatic hydroxyl groups is 2. The Morgan fingerprint density at radius 2 is 1.86 bits per heavy atom. The van der Waals surface area contributed by atoms with Gasteiger partial charge in [-0.05, 0) is 26.0 Å². The number of carbonyl (C=O) groups excluding carboxylic acids is 6. The second-order valence-electron chi connectivity index (χ2n) is 12.7. The number of benzene rings is 1. The van der Waals surface area contributed by atoms with Crippen LogP contribution < -0.4 is 16.5 Å². The highest BCUT2D eigenvalue weighted by Crippen LogP contribution is 2.53. The number of hydrogen-bond acceptors (Lipinski definition) is 17. The molecule has 3 aliphatic heterocycles. The molecule has 23 nitrogen and oxygen atoms in total. The van der Waals surface area contributed by atoms with Gasteiger partial charge in [0.15, 0.2) is 28.1 Å². The van der Waals surface area contributed by atoms with Gasteiger partial charge in [0.05, 0.1) is 41.5 Å². The molecule has 0 saturated carbocycles. The maximum Gasteiger partial charge on any atom is 0.350 e. The van der Waals surface area contributed by atoms with E-state index in [1.807, 2.05) is 5.43 Å². The van der Waals surface area contributed by atoms with Crippen LogP contribution in [0, 0.1) is 5.92 Å². The highest BCUT2D eigenvalue weighted by molar-refractivity contribution is 8.02. The van der Waals surface area contributed by atoms with E-state index in [0.29, 0.717) is 16.8 Å². The van der Waals surface area contributed by atoms with Gasteiger partial charge in [0, 0.05) is 24.9 Å². The fourth-order valence-corrected chi connectivity index (χ4v) is 8.03. The van der Waals surface area contributed by atoms with Crippen molar-refractivity contribution in [3.8, 4) is 11.5 Å². The van der Waals surface area contributed by atoms with Crippen molar-refractivity contribution in [2.45, 2.75) is 36.1 Å². The number of thioether (sulfide) groups is 1. The summed E-state index contributed by atoms with van der Waals surface area (Å²) < 4.78 is 0. The van der Waals surface area contributed by atoms with E-state index in [-0.39, 0.29) is 34.5 Å². The molecule has 5 rings (SSSR count). The van der Waals surface area contributed by atoms with Gasteiger partial charge in [-0.25, -0.2) is 29.4 Å². The molecule has 3 fully saturated rings. The lowest BCUT2D eigenvalue weighted by Gasteiger charge is -2.40. The molecule has 1 aromatic heterocycles. The highest BCUT2D eigenvalue weighted by atomic mass is 35.5. The number of hydroxylamine groups is 2. The van der Waals surface area contributed by atoms with E-state index in [4.69, 9.17) is 22.2 Å². The summed E-state index contributed by atoms with van der Waals surface area (Å²) in [7, 11) is 0. The molecule has 3 saturated heterocycles. The number of hydrazine groups is 1. The molecule has 26 heteroatoms. The van der Waals surface area contributed by atoms with E-state index in [2.05, 4.69) is 15.5 Å². The van der Waals surface area contributed by atoms with Crippen LogP contribution in [-0.4, -0.2) is 152 Å². The first-order chi connectivity index (χ1) is 26.2. The number of thiazole rings is 1. The van der Waals surface area contributed by atoms with Crippen molar-refractivity contribution >= 4 is 92.9 Å². The number of hydrogen-bond donors (Lipinski definition) is 8. The summed E-state index contributed by atoms with van der Waals surface area (Å²) in [6.07, 6.45) is -0.524. The van der Waals surface area contributed by atoms with E-state index in [1.54, 1.807) is 0 Å². The second kappa shape index (κ2) is 15.7. The minimum Gasteiger partial charge on any atom is -0.504 e. The number of nitrogen functional groups attached to an aromatic ring is 1. The molecule has 2 aromatic rings. The molecule has 4 heterocycles. The monoisotopic (exact) mass is 841 g/mol. The highest BCUT2D eigenvalue weighted by Gasteiger charge is 2.66. The molecule has 0 aliphatic carbocycles. The molecule has 3 aliphatic rings. The first kappa shape index (κ1) is 41.2. The van der Waals surface area contributed by atoms with E-state index < -0.39 is 117 Å². The van der Waals surface area contributed by atoms with E-state index >= 15 is 0 Å². The smallest absolute Gasteiger partial charge is 0.350 e. The normalized spacial score (nSPS) is 20.6. The van der Waals surface area contributed by atoms with Crippen LogP contribution in [0.3, 0.4) is 0 Å². The Labute approximate surface area is 327 Å². The minimum absolute atomic E-state index is 0.0430. The average Bonchev–Trinajstić information content (AvgIpc) is 3.84. The lowest BCUT2D eigenvalue weighted by molar-refractivity contribution is -0.171. The van der Waals surface area contributed by atoms with E-state index in [9.17, 15) is 64.0 Å². The zero-order chi connectivity index (χ0) is 41.4. The summed E-state index contributed by atoms with van der Waals surface area (Å²) in [5.74, 6) is -10.7. The van der Waals surface area contributed by atoms with Gasteiger partial charge < -0.3 is 41.2 Å². The number of aromatic nitrogens is 1. The van der Waals surface area contributed by atoms with Crippen molar-refractivity contribution in [2.24, 2.45) is 11.1 Å². The molecular weight excluding hydrogens is 810 g/mol. The molecule has 9 N–H and O–H groups in total. The summed E-state index contributed by atoms with van der Waals surface area (Å²) in [4.78, 5) is 111. The number of carboxylic acids is 2. The third-order valence-corrected chi connectivity index (χ3v) is 11.5. The molecule has 300 valence electrons. The number of nitrogens with zero attached hydrogens (tertiary/aromatic N) is 6. The number of carbonyl (C=O) groups is 8. The summed E-state index contributed by atoms with van der Waals surface area (Å²) >= 11 is 7.50. The summed E-state index contributed by atoms with van der Waals surface area (Å²) in [6, 6.07) is 1.05. The molecule has 0 spiro atoms. The number of β-lactam (4-membered cyclic amide) rings is 1. The Balaban J connectivity index is 1.19. The predicted octanol–water partition coefficient (Wildman–Crippen LogP) is -0.938. The number of urea groups is 1. The largest absolute Gasteiger partial charge is 0.504 e. The number of amides is 6. The average molecular weight is 842 g/mol. The number of ketones is 1. The number of phenols is 2. The molecule has 0 bridgehead atoms. The Bertz CT molecular complexity index is 2060. The zero-order valence-electron chi connectivity index (χ0n) is 29.0. The SMILES string of the molecule is CC(C)(O/N=C(\C(=O)CC1C(=O)N2C[C@@](C(=O)O)(N3CCN(NC(=O)C(=O)N(O)CCNC(=O)c4ccc(O)c(O)c4Cl)C3=O)S[C@H]12)c1csc(N)n1)C(=O)O. The molecule has 1 unspecified atom stereocenters. The van der Waals surface area contributed by atoms with Crippen molar-refractivity contribution in [1.29, 1.82) is 0 Å². The molecule has 3 atom stereocenters. The van der Waals surface area contributed by atoms with Crippen LogP contribution >= 0.6 is 34.7 Å². The van der Waals surface area contributed by atoms with Gasteiger partial charge in [-0.1, -0.05) is 28.5 Å². The van der Waals surface area contributed by atoms with Gasteiger partial charge in [0.25, 0.3) is 5.91 Å². The summed E-state index contributed by atoms with van der Waals surface area (Å²) in [5, 5.41) is 55.7. The summed E-state index contributed by atoms with van der Waals surface area (Å²) in [5.41, 5.74) is 5.14. The van der Waals surface area contributed by atoms with E-state index in [1.165, 1.54) is 19.2 Å². The molecule has 56 heavy (non-hydrogen) atoms. The van der Waals surface area contributed by atoms with Crippen LogP contribution in [0.2, 0.25) is 5.02 Å². The lowest BCUT2D eigenvalue weighted by atomic mass is 9.90. The number of Topliss-reactive ketones (excluding diaryl/α,β-unsaturated/α-hetero) is 1. The number of aliphatic carboxylic acids is 2. The van der Waals surface area contributed by atoms with Gasteiger partial charge in [-0.15, -0.1) is 11.3 Å². The number of nitrogens with two attached hydrogens (primary N) is 1. The zero-order valence-corrected chi connectivity index (χ0v) is 31.4. The van der Waals surface area contributed by atoms with Crippen LogP contribution in [0.25, 0.3) is 0 Å². The van der Waals surface area contributed by atoms with Crippen LogP contribution in [0.15, 0.2) is 22.7 Å². The first-order valence-electron chi connectivity index (χ1n) is 16.0. The maximum absolute atomic E-state index is 13.5. The van der Waals surface area contributed by atoms with Crippen molar-refractivity contribution in [3.05, 3.63) is 33.8 Å². The van der Waals surface area contributed by atoms with Gasteiger partial charge >= 0.3 is 29.8 Å². The molecular formula is C30H32ClN9O14S2. The Kier molecular flexibility index (Phi) is 11.5. The Hall–Kier alpha value is -5.92. The molecule has 0 radical (unpaired) electrons. The maximum atomic E-state index is 13.5. The van der Waals surface area contributed by atoms with Gasteiger partial charge in [0.1, 0.15) is 5.69 Å². The third-order valence-electron chi connectivity index (χ3n) is 8.66. The van der Waals surface area contributed by atoms with Crippen molar-refractivity contribution in [2.75, 3.05) is 38.5 Å².